The van der Waals surface area contributed by atoms with E-state index in [2.05, 4.69) is 27.0 Å². The van der Waals surface area contributed by atoms with Crippen molar-refractivity contribution in [1.29, 1.82) is 0 Å². The molecule has 1 aliphatic heterocycles. The van der Waals surface area contributed by atoms with Crippen LogP contribution in [0.15, 0.2) is 54.9 Å². The summed E-state index contributed by atoms with van der Waals surface area (Å²) in [5.41, 5.74) is 11.4. The van der Waals surface area contributed by atoms with Gasteiger partial charge in [-0.3, -0.25) is 0 Å². The van der Waals surface area contributed by atoms with Crippen molar-refractivity contribution in [2.24, 2.45) is 0 Å². The molecule has 0 atom stereocenters. The van der Waals surface area contributed by atoms with Crippen LogP contribution >= 0.6 is 0 Å². The van der Waals surface area contributed by atoms with Crippen molar-refractivity contribution in [3.05, 3.63) is 54.9 Å². The van der Waals surface area contributed by atoms with Gasteiger partial charge in [0.2, 0.25) is 6.79 Å². The van der Waals surface area contributed by atoms with Gasteiger partial charge in [-0.25, -0.2) is 15.0 Å². The molecule has 2 aromatic carbocycles. The molecule has 0 saturated carbocycles. The molecule has 0 aliphatic carbocycles. The van der Waals surface area contributed by atoms with Crippen LogP contribution in [0, 0.1) is 0 Å². The summed E-state index contributed by atoms with van der Waals surface area (Å²) in [7, 11) is 4.03. The molecular weight excluding hydrogens is 366 g/mol. The number of fused-ring (bicyclic) bond motifs is 2. The summed E-state index contributed by atoms with van der Waals surface area (Å²) in [6.45, 7) is 0.195. The Morgan fingerprint density at radius 2 is 1.79 bits per heavy atom. The number of nitrogens with two attached hydrogens (primary N) is 1. The molecule has 1 aliphatic rings. The third-order valence-corrected chi connectivity index (χ3v) is 5.00. The Morgan fingerprint density at radius 1 is 0.966 bits per heavy atom. The van der Waals surface area contributed by atoms with Gasteiger partial charge in [-0.1, -0.05) is 24.3 Å². The normalized spacial score (nSPS) is 12.3. The SMILES string of the molecule is CN(C)c1ccc(-c2cc(-c3cccc4c3OCO4)c3c(N)ncnc3n2)cc1. The number of aromatic nitrogens is 3. The van der Waals surface area contributed by atoms with E-state index in [4.69, 9.17) is 20.2 Å². The van der Waals surface area contributed by atoms with Gasteiger partial charge in [0.25, 0.3) is 0 Å². The van der Waals surface area contributed by atoms with E-state index in [-0.39, 0.29) is 6.79 Å². The van der Waals surface area contributed by atoms with Gasteiger partial charge in [0, 0.05) is 36.5 Å². The molecule has 0 unspecified atom stereocenters. The van der Waals surface area contributed by atoms with Crippen molar-refractivity contribution in [1.82, 2.24) is 15.0 Å². The first-order chi connectivity index (χ1) is 14.1. The lowest BCUT2D eigenvalue weighted by Gasteiger charge is -2.14. The molecular formula is C22H19N5O2. The van der Waals surface area contributed by atoms with Crippen LogP contribution in [0.25, 0.3) is 33.4 Å². The molecule has 0 bridgehead atoms. The topological polar surface area (TPSA) is 86.4 Å². The Hall–Kier alpha value is -3.87. The monoisotopic (exact) mass is 385 g/mol. The summed E-state index contributed by atoms with van der Waals surface area (Å²) in [6, 6.07) is 16.0. The fourth-order valence-electron chi connectivity index (χ4n) is 3.52. The number of nitrogen functional groups attached to an aromatic ring is 1. The number of pyridine rings is 1. The van der Waals surface area contributed by atoms with Crippen LogP contribution in [-0.4, -0.2) is 35.8 Å². The maximum atomic E-state index is 6.21. The van der Waals surface area contributed by atoms with Gasteiger partial charge >= 0.3 is 0 Å². The molecule has 3 heterocycles. The minimum absolute atomic E-state index is 0.195. The van der Waals surface area contributed by atoms with Crippen LogP contribution in [0.3, 0.4) is 0 Å². The van der Waals surface area contributed by atoms with Crippen LogP contribution in [0.1, 0.15) is 0 Å². The minimum Gasteiger partial charge on any atom is -0.454 e. The number of ether oxygens (including phenoxy) is 2. The lowest BCUT2D eigenvalue weighted by atomic mass is 9.98. The fraction of sp³-hybridized carbons (Fsp3) is 0.136. The first kappa shape index (κ1) is 17.2. The van der Waals surface area contributed by atoms with Crippen molar-refractivity contribution in [2.45, 2.75) is 0 Å². The molecule has 7 nitrogen and oxygen atoms in total. The van der Waals surface area contributed by atoms with E-state index < -0.39 is 0 Å². The van der Waals surface area contributed by atoms with E-state index in [1.165, 1.54) is 6.33 Å². The van der Waals surface area contributed by atoms with Crippen LogP contribution in [0.5, 0.6) is 11.5 Å². The van der Waals surface area contributed by atoms with E-state index in [0.29, 0.717) is 28.4 Å². The quantitative estimate of drug-likeness (QED) is 0.575. The fourth-order valence-corrected chi connectivity index (χ4v) is 3.52. The number of nitrogens with zero attached hydrogens (tertiary/aromatic N) is 4. The third-order valence-electron chi connectivity index (χ3n) is 5.00. The molecule has 0 radical (unpaired) electrons. The maximum Gasteiger partial charge on any atom is 0.231 e. The van der Waals surface area contributed by atoms with Gasteiger partial charge in [-0.2, -0.15) is 0 Å². The first-order valence-corrected chi connectivity index (χ1v) is 9.20. The highest BCUT2D eigenvalue weighted by molar-refractivity contribution is 6.02. The van der Waals surface area contributed by atoms with Gasteiger partial charge < -0.3 is 20.1 Å². The highest BCUT2D eigenvalue weighted by atomic mass is 16.7. The molecule has 4 aromatic rings. The number of anilines is 2. The summed E-state index contributed by atoms with van der Waals surface area (Å²) in [5, 5.41) is 0.699. The molecule has 7 heteroatoms. The second-order valence-corrected chi connectivity index (χ2v) is 6.99. The Bertz CT molecular complexity index is 1220. The Morgan fingerprint density at radius 3 is 2.59 bits per heavy atom. The lowest BCUT2D eigenvalue weighted by Crippen LogP contribution is -2.08. The molecule has 29 heavy (non-hydrogen) atoms. The summed E-state index contributed by atoms with van der Waals surface area (Å²) in [6.07, 6.45) is 1.43. The van der Waals surface area contributed by atoms with Crippen LogP contribution < -0.4 is 20.1 Å². The largest absolute Gasteiger partial charge is 0.454 e. The summed E-state index contributed by atoms with van der Waals surface area (Å²) in [4.78, 5) is 15.3. The zero-order valence-corrected chi connectivity index (χ0v) is 16.1. The van der Waals surface area contributed by atoms with E-state index in [1.54, 1.807) is 0 Å². The van der Waals surface area contributed by atoms with Gasteiger partial charge in [0.05, 0.1) is 11.1 Å². The average molecular weight is 385 g/mol. The van der Waals surface area contributed by atoms with Crippen LogP contribution in [0.2, 0.25) is 0 Å². The maximum absolute atomic E-state index is 6.21. The smallest absolute Gasteiger partial charge is 0.231 e. The van der Waals surface area contributed by atoms with Crippen molar-refractivity contribution in [2.75, 3.05) is 31.5 Å². The van der Waals surface area contributed by atoms with E-state index >= 15 is 0 Å². The molecule has 0 spiro atoms. The van der Waals surface area contributed by atoms with Gasteiger partial charge in [-0.05, 0) is 24.3 Å². The lowest BCUT2D eigenvalue weighted by molar-refractivity contribution is 0.174. The predicted molar refractivity (Wildman–Crippen MR) is 113 cm³/mol. The molecule has 0 amide bonds. The second-order valence-electron chi connectivity index (χ2n) is 6.99. The zero-order valence-electron chi connectivity index (χ0n) is 16.1. The molecule has 0 fully saturated rings. The van der Waals surface area contributed by atoms with Gasteiger partial charge in [0.15, 0.2) is 17.1 Å². The molecule has 5 rings (SSSR count). The highest BCUT2D eigenvalue weighted by Crippen LogP contribution is 2.44. The van der Waals surface area contributed by atoms with Gasteiger partial charge in [0.1, 0.15) is 12.1 Å². The number of hydrogen-bond donors (Lipinski definition) is 1. The molecule has 0 saturated heterocycles. The van der Waals surface area contributed by atoms with Crippen LogP contribution in [0.4, 0.5) is 11.5 Å². The van der Waals surface area contributed by atoms with E-state index in [0.717, 1.165) is 28.1 Å². The van der Waals surface area contributed by atoms with Crippen molar-refractivity contribution >= 4 is 22.5 Å². The third kappa shape index (κ3) is 2.87. The summed E-state index contributed by atoms with van der Waals surface area (Å²) >= 11 is 0. The number of benzene rings is 2. The predicted octanol–water partition coefficient (Wildman–Crippen LogP) is 3.74. The standard InChI is InChI=1S/C22H19N5O2/c1-27(2)14-8-6-13(7-9-14)17-10-16(19-21(23)24-11-25-22(19)26-17)15-4-3-5-18-20(15)29-12-28-18/h3-11H,12H2,1-2H3,(H2,23,24,25,26). The van der Waals surface area contributed by atoms with Crippen molar-refractivity contribution < 1.29 is 9.47 Å². The number of rotatable bonds is 3. The van der Waals surface area contributed by atoms with E-state index in [9.17, 15) is 0 Å². The van der Waals surface area contributed by atoms with E-state index in [1.807, 2.05) is 50.5 Å². The highest BCUT2D eigenvalue weighted by Gasteiger charge is 2.22. The minimum atomic E-state index is 0.195. The van der Waals surface area contributed by atoms with Crippen molar-refractivity contribution in [3.63, 3.8) is 0 Å². The Balaban J connectivity index is 1.76. The molecule has 2 N–H and O–H groups in total. The summed E-state index contributed by atoms with van der Waals surface area (Å²) < 4.78 is 11.3. The molecule has 144 valence electrons. The average Bonchev–Trinajstić information content (AvgIpc) is 3.22. The van der Waals surface area contributed by atoms with Gasteiger partial charge in [-0.15, -0.1) is 0 Å². The Kier molecular flexibility index (Phi) is 3.94. The number of hydrogen-bond acceptors (Lipinski definition) is 7. The van der Waals surface area contributed by atoms with Crippen molar-refractivity contribution in [3.8, 4) is 33.9 Å². The Labute approximate surface area is 167 Å². The van der Waals surface area contributed by atoms with Crippen LogP contribution in [-0.2, 0) is 0 Å². The molecule has 2 aromatic heterocycles. The zero-order chi connectivity index (χ0) is 20.0. The number of para-hydroxylation sites is 1. The second kappa shape index (κ2) is 6.63. The first-order valence-electron chi connectivity index (χ1n) is 9.20. The summed E-state index contributed by atoms with van der Waals surface area (Å²) in [5.74, 6) is 1.78.